The summed E-state index contributed by atoms with van der Waals surface area (Å²) >= 11 is 1.17. The van der Waals surface area contributed by atoms with Crippen LogP contribution in [0.4, 0.5) is 16.5 Å². The molecule has 1 aromatic heterocycles. The molecule has 2 N–H and O–H groups in total. The fourth-order valence-corrected chi connectivity index (χ4v) is 4.79. The maximum Gasteiger partial charge on any atom is 0.265 e. The lowest BCUT2D eigenvalue weighted by Crippen LogP contribution is -2.40. The number of carbonyl (C=O) groups excluding carboxylic acids is 2. The zero-order valence-corrected chi connectivity index (χ0v) is 17.8. The second-order valence-corrected chi connectivity index (χ2v) is 9.14. The number of sulfonamides is 1. The van der Waals surface area contributed by atoms with Crippen molar-refractivity contribution < 1.29 is 22.7 Å². The van der Waals surface area contributed by atoms with Crippen molar-refractivity contribution in [3.63, 3.8) is 0 Å². The molecular formula is C20H18N4O5S2. The number of amides is 2. The van der Waals surface area contributed by atoms with Gasteiger partial charge in [-0.05, 0) is 36.4 Å². The summed E-state index contributed by atoms with van der Waals surface area (Å²) in [5, 5.41) is 4.65. The second-order valence-electron chi connectivity index (χ2n) is 6.57. The molecule has 0 radical (unpaired) electrons. The van der Waals surface area contributed by atoms with Gasteiger partial charge < -0.3 is 15.0 Å². The molecule has 2 aromatic carbocycles. The number of para-hydroxylation sites is 2. The van der Waals surface area contributed by atoms with Crippen molar-refractivity contribution in [2.45, 2.75) is 11.3 Å². The van der Waals surface area contributed by atoms with Crippen molar-refractivity contribution in [2.24, 2.45) is 0 Å². The third-order valence-electron chi connectivity index (χ3n) is 4.47. The van der Waals surface area contributed by atoms with Crippen molar-refractivity contribution in [1.29, 1.82) is 0 Å². The smallest absolute Gasteiger partial charge is 0.265 e. The van der Waals surface area contributed by atoms with Gasteiger partial charge >= 0.3 is 0 Å². The molecular weight excluding hydrogens is 440 g/mol. The molecule has 160 valence electrons. The van der Waals surface area contributed by atoms with E-state index in [-0.39, 0.29) is 41.4 Å². The maximum atomic E-state index is 12.4. The fourth-order valence-electron chi connectivity index (χ4n) is 3.00. The molecule has 0 aliphatic carbocycles. The minimum Gasteiger partial charge on any atom is -0.482 e. The number of anilines is 3. The molecule has 0 atom stereocenters. The molecule has 2 heterocycles. The number of nitrogens with one attached hydrogen (secondary N) is 2. The summed E-state index contributed by atoms with van der Waals surface area (Å²) < 4.78 is 32.5. The topological polar surface area (TPSA) is 118 Å². The molecule has 1 aliphatic heterocycles. The number of aromatic nitrogens is 1. The molecule has 0 bridgehead atoms. The predicted molar refractivity (Wildman–Crippen MR) is 117 cm³/mol. The van der Waals surface area contributed by atoms with Crippen LogP contribution in [0.1, 0.15) is 6.42 Å². The Labute approximate surface area is 182 Å². The van der Waals surface area contributed by atoms with Gasteiger partial charge in [0.05, 0.1) is 10.6 Å². The van der Waals surface area contributed by atoms with Crippen molar-refractivity contribution in [3.05, 3.63) is 60.1 Å². The van der Waals surface area contributed by atoms with Gasteiger partial charge in [0.25, 0.3) is 15.9 Å². The molecule has 31 heavy (non-hydrogen) atoms. The van der Waals surface area contributed by atoms with Crippen molar-refractivity contribution in [1.82, 2.24) is 4.98 Å². The van der Waals surface area contributed by atoms with Crippen LogP contribution in [0.25, 0.3) is 0 Å². The lowest BCUT2D eigenvalue weighted by atomic mass is 10.2. The highest BCUT2D eigenvalue weighted by molar-refractivity contribution is 7.93. The van der Waals surface area contributed by atoms with E-state index in [0.717, 1.165) is 0 Å². The van der Waals surface area contributed by atoms with E-state index in [1.165, 1.54) is 46.7 Å². The van der Waals surface area contributed by atoms with Crippen LogP contribution in [0.15, 0.2) is 65.0 Å². The van der Waals surface area contributed by atoms with Gasteiger partial charge in [-0.15, -0.1) is 11.3 Å². The predicted octanol–water partition coefficient (Wildman–Crippen LogP) is 2.70. The zero-order valence-electron chi connectivity index (χ0n) is 16.1. The summed E-state index contributed by atoms with van der Waals surface area (Å²) in [6, 6.07) is 13.0. The Hall–Kier alpha value is -3.44. The minimum atomic E-state index is -3.76. The Morgan fingerprint density at radius 3 is 2.68 bits per heavy atom. The normalized spacial score (nSPS) is 13.3. The highest BCUT2D eigenvalue weighted by atomic mass is 32.2. The monoisotopic (exact) mass is 458 g/mol. The average Bonchev–Trinajstić information content (AvgIpc) is 3.26. The van der Waals surface area contributed by atoms with Crippen molar-refractivity contribution >= 4 is 49.7 Å². The molecule has 0 fully saturated rings. The van der Waals surface area contributed by atoms with Gasteiger partial charge in [0.15, 0.2) is 11.7 Å². The molecule has 0 spiro atoms. The SMILES string of the molecule is O=C(CCN1C(=O)COc2ccccc21)Nc1ccc(S(=O)(=O)Nc2nccs2)cc1. The van der Waals surface area contributed by atoms with Crippen LogP contribution in [-0.2, 0) is 19.6 Å². The standard InChI is InChI=1S/C20H18N4O5S2/c25-18(9-11-24-16-3-1-2-4-17(16)29-13-19(24)26)22-14-5-7-15(8-6-14)31(27,28)23-20-21-10-12-30-20/h1-8,10,12H,9,11,13H2,(H,21,23)(H,22,25). The molecule has 0 unspecified atom stereocenters. The summed E-state index contributed by atoms with van der Waals surface area (Å²) in [7, 11) is -3.76. The van der Waals surface area contributed by atoms with E-state index < -0.39 is 10.0 Å². The largest absolute Gasteiger partial charge is 0.482 e. The van der Waals surface area contributed by atoms with Crippen LogP contribution in [0.5, 0.6) is 5.75 Å². The number of hydrogen-bond donors (Lipinski definition) is 2. The van der Waals surface area contributed by atoms with E-state index >= 15 is 0 Å². The lowest BCUT2D eigenvalue weighted by Gasteiger charge is -2.29. The Balaban J connectivity index is 1.36. The number of nitrogens with zero attached hydrogens (tertiary/aromatic N) is 2. The number of fused-ring (bicyclic) bond motifs is 1. The van der Waals surface area contributed by atoms with Gasteiger partial charge in [-0.1, -0.05) is 12.1 Å². The fraction of sp³-hybridized carbons (Fsp3) is 0.150. The van der Waals surface area contributed by atoms with Gasteiger partial charge in [0.1, 0.15) is 5.75 Å². The van der Waals surface area contributed by atoms with E-state index in [1.807, 2.05) is 6.07 Å². The van der Waals surface area contributed by atoms with Crippen LogP contribution in [0, 0.1) is 0 Å². The summed E-state index contributed by atoms with van der Waals surface area (Å²) in [4.78, 5) is 30.0. The Morgan fingerprint density at radius 2 is 1.94 bits per heavy atom. The molecule has 1 aliphatic rings. The zero-order chi connectivity index (χ0) is 21.8. The number of ether oxygens (including phenoxy) is 1. The van der Waals surface area contributed by atoms with Crippen LogP contribution in [-0.4, -0.2) is 38.4 Å². The number of thiazole rings is 1. The summed E-state index contributed by atoms with van der Waals surface area (Å²) in [6.45, 7) is 0.138. The molecule has 0 saturated carbocycles. The van der Waals surface area contributed by atoms with Gasteiger partial charge in [0.2, 0.25) is 5.91 Å². The van der Waals surface area contributed by atoms with Gasteiger partial charge in [0, 0.05) is 30.2 Å². The quantitative estimate of drug-likeness (QED) is 0.562. The number of benzene rings is 2. The van der Waals surface area contributed by atoms with Crippen LogP contribution >= 0.6 is 11.3 Å². The highest BCUT2D eigenvalue weighted by Crippen LogP contribution is 2.31. The first-order valence-electron chi connectivity index (χ1n) is 9.27. The lowest BCUT2D eigenvalue weighted by molar-refractivity contribution is -0.121. The average molecular weight is 459 g/mol. The Bertz CT molecular complexity index is 1190. The van der Waals surface area contributed by atoms with Gasteiger partial charge in [-0.2, -0.15) is 0 Å². The van der Waals surface area contributed by atoms with Crippen molar-refractivity contribution in [2.75, 3.05) is 28.1 Å². The summed E-state index contributed by atoms with van der Waals surface area (Å²) in [6.07, 6.45) is 1.58. The molecule has 9 nitrogen and oxygen atoms in total. The summed E-state index contributed by atoms with van der Waals surface area (Å²) in [5.74, 6) is 0.0905. The van der Waals surface area contributed by atoms with E-state index in [4.69, 9.17) is 4.74 Å². The minimum absolute atomic E-state index is 0.0521. The highest BCUT2D eigenvalue weighted by Gasteiger charge is 2.25. The third-order valence-corrected chi connectivity index (χ3v) is 6.65. The molecule has 3 aromatic rings. The first-order chi connectivity index (χ1) is 14.9. The summed E-state index contributed by atoms with van der Waals surface area (Å²) in [5.41, 5.74) is 1.08. The van der Waals surface area contributed by atoms with Crippen molar-refractivity contribution in [3.8, 4) is 5.75 Å². The van der Waals surface area contributed by atoms with E-state index in [1.54, 1.807) is 23.6 Å². The maximum absolute atomic E-state index is 12.4. The van der Waals surface area contributed by atoms with Crippen LogP contribution < -0.4 is 19.7 Å². The molecule has 0 saturated heterocycles. The van der Waals surface area contributed by atoms with Crippen LogP contribution in [0.2, 0.25) is 0 Å². The third kappa shape index (κ3) is 4.84. The number of carbonyl (C=O) groups is 2. The Kier molecular flexibility index (Phi) is 5.87. The number of rotatable bonds is 7. The first-order valence-corrected chi connectivity index (χ1v) is 11.6. The number of hydrogen-bond acceptors (Lipinski definition) is 7. The van der Waals surface area contributed by atoms with E-state index in [9.17, 15) is 18.0 Å². The first kappa shape index (κ1) is 20.8. The van der Waals surface area contributed by atoms with Gasteiger partial charge in [-0.3, -0.25) is 14.3 Å². The van der Waals surface area contributed by atoms with E-state index in [0.29, 0.717) is 17.1 Å². The second kappa shape index (κ2) is 8.74. The molecule has 4 rings (SSSR count). The molecule has 11 heteroatoms. The van der Waals surface area contributed by atoms with E-state index in [2.05, 4.69) is 15.0 Å². The van der Waals surface area contributed by atoms with Crippen LogP contribution in [0.3, 0.4) is 0 Å². The Morgan fingerprint density at radius 1 is 1.16 bits per heavy atom. The molecule has 2 amide bonds. The van der Waals surface area contributed by atoms with Gasteiger partial charge in [-0.25, -0.2) is 13.4 Å².